The Balaban J connectivity index is 1.30. The molecule has 0 saturated carbocycles. The van der Waals surface area contributed by atoms with Gasteiger partial charge in [-0.3, -0.25) is 9.59 Å². The molecule has 3 aromatic rings. The van der Waals surface area contributed by atoms with Crippen molar-refractivity contribution in [2.75, 3.05) is 33.2 Å². The summed E-state index contributed by atoms with van der Waals surface area (Å²) in [5.41, 5.74) is 1.12. The van der Waals surface area contributed by atoms with Crippen LogP contribution in [0.25, 0.3) is 10.8 Å². The number of nitrogens with zero attached hydrogens (tertiary/aromatic N) is 1. The number of nitrogens with one attached hydrogen (secondary N) is 2. The number of phenols is 2. The molecule has 0 atom stereocenters. The standard InChI is InChI=1S/C25H29N3O4/c1-28(14-2-12-26-24(31)18-6-9-22(29)10-7-18)15-3-13-27-25(32)21-5-4-20-17-23(30)11-8-19(20)16-21/h4-11,16-17,29-30H,2-3,12-15H2,1H3,(H,26,31)(H,27,32). The summed E-state index contributed by atoms with van der Waals surface area (Å²) in [5.74, 6) is 0.0803. The van der Waals surface area contributed by atoms with E-state index in [0.717, 1.165) is 36.7 Å². The molecule has 7 heteroatoms. The first-order valence-corrected chi connectivity index (χ1v) is 10.7. The maximum atomic E-state index is 12.4. The molecule has 168 valence electrons. The van der Waals surface area contributed by atoms with E-state index in [1.165, 1.54) is 12.1 Å². The van der Waals surface area contributed by atoms with Crippen LogP contribution in [-0.4, -0.2) is 60.2 Å². The van der Waals surface area contributed by atoms with Crippen molar-refractivity contribution < 1.29 is 19.8 Å². The average Bonchev–Trinajstić information content (AvgIpc) is 2.79. The number of hydrogen-bond acceptors (Lipinski definition) is 5. The van der Waals surface area contributed by atoms with Gasteiger partial charge in [-0.05, 0) is 92.3 Å². The predicted octanol–water partition coefficient (Wildman–Crippen LogP) is 3.12. The SMILES string of the molecule is CN(CCCNC(=O)c1ccc(O)cc1)CCCNC(=O)c1ccc2cc(O)ccc2c1. The van der Waals surface area contributed by atoms with Crippen molar-refractivity contribution in [3.63, 3.8) is 0 Å². The molecule has 0 bridgehead atoms. The highest BCUT2D eigenvalue weighted by Gasteiger charge is 2.08. The molecule has 0 aliphatic carbocycles. The Labute approximate surface area is 187 Å². The van der Waals surface area contributed by atoms with Crippen molar-refractivity contribution in [1.82, 2.24) is 15.5 Å². The van der Waals surface area contributed by atoms with Gasteiger partial charge in [-0.25, -0.2) is 0 Å². The minimum Gasteiger partial charge on any atom is -0.508 e. The third-order valence-corrected chi connectivity index (χ3v) is 5.22. The maximum absolute atomic E-state index is 12.4. The molecule has 0 heterocycles. The van der Waals surface area contributed by atoms with Crippen molar-refractivity contribution >= 4 is 22.6 Å². The molecule has 0 spiro atoms. The normalized spacial score (nSPS) is 10.9. The van der Waals surface area contributed by atoms with E-state index >= 15 is 0 Å². The van der Waals surface area contributed by atoms with Gasteiger partial charge < -0.3 is 25.7 Å². The summed E-state index contributed by atoms with van der Waals surface area (Å²) in [5, 5.41) is 26.4. The molecule has 0 saturated heterocycles. The first-order chi connectivity index (χ1) is 15.4. The van der Waals surface area contributed by atoms with Crippen molar-refractivity contribution in [2.24, 2.45) is 0 Å². The van der Waals surface area contributed by atoms with Crippen LogP contribution in [0.3, 0.4) is 0 Å². The van der Waals surface area contributed by atoms with E-state index in [0.29, 0.717) is 24.2 Å². The number of carbonyl (C=O) groups excluding carboxylic acids is 2. The van der Waals surface area contributed by atoms with Crippen LogP contribution < -0.4 is 10.6 Å². The number of carbonyl (C=O) groups is 2. The Morgan fingerprint density at radius 2 is 1.22 bits per heavy atom. The van der Waals surface area contributed by atoms with Crippen molar-refractivity contribution in [3.8, 4) is 11.5 Å². The number of fused-ring (bicyclic) bond motifs is 1. The number of phenolic OH excluding ortho intramolecular Hbond substituents is 2. The van der Waals surface area contributed by atoms with Crippen LogP contribution >= 0.6 is 0 Å². The van der Waals surface area contributed by atoms with Crippen molar-refractivity contribution in [2.45, 2.75) is 12.8 Å². The molecule has 0 aliphatic rings. The van der Waals surface area contributed by atoms with Crippen LogP contribution in [0.1, 0.15) is 33.6 Å². The minimum atomic E-state index is -0.152. The average molecular weight is 436 g/mol. The van der Waals surface area contributed by atoms with Gasteiger partial charge in [-0.15, -0.1) is 0 Å². The van der Waals surface area contributed by atoms with E-state index in [-0.39, 0.29) is 23.3 Å². The second kappa shape index (κ2) is 11.2. The second-order valence-electron chi connectivity index (χ2n) is 7.82. The fraction of sp³-hybridized carbons (Fsp3) is 0.280. The zero-order chi connectivity index (χ0) is 22.9. The molecule has 0 unspecified atom stereocenters. The first-order valence-electron chi connectivity index (χ1n) is 10.7. The number of benzene rings is 3. The Hall–Kier alpha value is -3.58. The Bertz CT molecular complexity index is 1070. The Morgan fingerprint density at radius 1 is 0.719 bits per heavy atom. The van der Waals surface area contributed by atoms with Crippen LogP contribution in [0, 0.1) is 0 Å². The zero-order valence-corrected chi connectivity index (χ0v) is 18.2. The van der Waals surface area contributed by atoms with Crippen LogP contribution in [-0.2, 0) is 0 Å². The lowest BCUT2D eigenvalue weighted by Gasteiger charge is -2.17. The van der Waals surface area contributed by atoms with Gasteiger partial charge in [-0.1, -0.05) is 12.1 Å². The molecule has 3 rings (SSSR count). The van der Waals surface area contributed by atoms with Gasteiger partial charge in [0.25, 0.3) is 11.8 Å². The quantitative estimate of drug-likeness (QED) is 0.367. The minimum absolute atomic E-state index is 0.112. The first kappa shape index (κ1) is 23.1. The fourth-order valence-corrected chi connectivity index (χ4v) is 3.40. The monoisotopic (exact) mass is 435 g/mol. The maximum Gasteiger partial charge on any atom is 0.251 e. The van der Waals surface area contributed by atoms with Gasteiger partial charge >= 0.3 is 0 Å². The summed E-state index contributed by atoms with van der Waals surface area (Å²) >= 11 is 0. The molecule has 4 N–H and O–H groups in total. The number of hydrogen-bond donors (Lipinski definition) is 4. The molecule has 0 radical (unpaired) electrons. The van der Waals surface area contributed by atoms with Gasteiger partial charge in [0.1, 0.15) is 11.5 Å². The lowest BCUT2D eigenvalue weighted by atomic mass is 10.1. The van der Waals surface area contributed by atoms with Crippen LogP contribution in [0.15, 0.2) is 60.7 Å². The van der Waals surface area contributed by atoms with Gasteiger partial charge in [0.2, 0.25) is 0 Å². The van der Waals surface area contributed by atoms with Gasteiger partial charge in [0, 0.05) is 24.2 Å². The van der Waals surface area contributed by atoms with E-state index in [9.17, 15) is 19.8 Å². The van der Waals surface area contributed by atoms with Crippen LogP contribution in [0.4, 0.5) is 0 Å². The highest BCUT2D eigenvalue weighted by molar-refractivity contribution is 5.98. The van der Waals surface area contributed by atoms with E-state index in [1.54, 1.807) is 36.4 Å². The number of amides is 2. The summed E-state index contributed by atoms with van der Waals surface area (Å²) in [6.07, 6.45) is 1.64. The molecule has 32 heavy (non-hydrogen) atoms. The van der Waals surface area contributed by atoms with E-state index in [1.807, 2.05) is 19.2 Å². The van der Waals surface area contributed by atoms with E-state index in [2.05, 4.69) is 15.5 Å². The third kappa shape index (κ3) is 6.72. The Morgan fingerprint density at radius 3 is 1.88 bits per heavy atom. The molecule has 0 aromatic heterocycles. The van der Waals surface area contributed by atoms with Gasteiger partial charge in [-0.2, -0.15) is 0 Å². The van der Waals surface area contributed by atoms with Crippen molar-refractivity contribution in [1.29, 1.82) is 0 Å². The summed E-state index contributed by atoms with van der Waals surface area (Å²) in [6.45, 7) is 2.82. The second-order valence-corrected chi connectivity index (χ2v) is 7.82. The molecule has 2 amide bonds. The van der Waals surface area contributed by atoms with Crippen LogP contribution in [0.2, 0.25) is 0 Å². The molecule has 0 aliphatic heterocycles. The fourth-order valence-electron chi connectivity index (χ4n) is 3.40. The lowest BCUT2D eigenvalue weighted by Crippen LogP contribution is -2.30. The summed E-state index contributed by atoms with van der Waals surface area (Å²) in [4.78, 5) is 26.6. The molecule has 0 fully saturated rings. The topological polar surface area (TPSA) is 102 Å². The third-order valence-electron chi connectivity index (χ3n) is 5.22. The highest BCUT2D eigenvalue weighted by atomic mass is 16.3. The molecular formula is C25H29N3O4. The summed E-state index contributed by atoms with van der Waals surface area (Å²) in [6, 6.07) is 16.7. The van der Waals surface area contributed by atoms with Gasteiger partial charge in [0.05, 0.1) is 0 Å². The number of aromatic hydroxyl groups is 2. The molecular weight excluding hydrogens is 406 g/mol. The van der Waals surface area contributed by atoms with E-state index < -0.39 is 0 Å². The summed E-state index contributed by atoms with van der Waals surface area (Å²) in [7, 11) is 2.02. The molecule has 7 nitrogen and oxygen atoms in total. The predicted molar refractivity (Wildman–Crippen MR) is 125 cm³/mol. The number of rotatable bonds is 10. The zero-order valence-electron chi connectivity index (χ0n) is 18.2. The summed E-state index contributed by atoms with van der Waals surface area (Å²) < 4.78 is 0. The molecule has 3 aromatic carbocycles. The van der Waals surface area contributed by atoms with Gasteiger partial charge in [0.15, 0.2) is 0 Å². The van der Waals surface area contributed by atoms with Crippen LogP contribution in [0.5, 0.6) is 11.5 Å². The van der Waals surface area contributed by atoms with E-state index in [4.69, 9.17) is 0 Å². The smallest absolute Gasteiger partial charge is 0.251 e. The lowest BCUT2D eigenvalue weighted by molar-refractivity contribution is 0.0946. The van der Waals surface area contributed by atoms with Crippen molar-refractivity contribution in [3.05, 3.63) is 71.8 Å². The highest BCUT2D eigenvalue weighted by Crippen LogP contribution is 2.21. The Kier molecular flexibility index (Phi) is 8.05. The largest absolute Gasteiger partial charge is 0.508 e.